The number of aromatic nitrogens is 3. The lowest BCUT2D eigenvalue weighted by Crippen LogP contribution is -2.24. The van der Waals surface area contributed by atoms with Crippen LogP contribution in [-0.2, 0) is 27.7 Å². The largest absolute Gasteiger partial charge is 0.489 e. The number of ether oxygens (including phenoxy) is 2. The van der Waals surface area contributed by atoms with Gasteiger partial charge in [0.15, 0.2) is 11.6 Å². The molecule has 42 heavy (non-hydrogen) atoms. The number of benzene rings is 2. The number of sulfone groups is 1. The average molecular weight is 593 g/mol. The highest BCUT2D eigenvalue weighted by molar-refractivity contribution is 7.92. The zero-order valence-corrected chi connectivity index (χ0v) is 23.3. The van der Waals surface area contributed by atoms with E-state index >= 15 is 0 Å². The van der Waals surface area contributed by atoms with Gasteiger partial charge in [0.25, 0.3) is 5.91 Å². The van der Waals surface area contributed by atoms with Crippen molar-refractivity contribution in [1.82, 2.24) is 19.9 Å². The summed E-state index contributed by atoms with van der Waals surface area (Å²) in [5.41, 5.74) is 1.43. The van der Waals surface area contributed by atoms with Crippen LogP contribution in [0.3, 0.4) is 0 Å². The molecule has 0 bridgehead atoms. The molecule has 1 aliphatic heterocycles. The fourth-order valence-electron chi connectivity index (χ4n) is 5.01. The van der Waals surface area contributed by atoms with Crippen LogP contribution in [0.4, 0.5) is 8.78 Å². The zero-order valence-electron chi connectivity index (χ0n) is 22.5. The molecule has 0 unspecified atom stereocenters. The smallest absolute Gasteiger partial charge is 0.251 e. The highest BCUT2D eigenvalue weighted by Gasteiger charge is 2.35. The Hall–Kier alpha value is -4.42. The molecular formula is C30H26F2N4O5S. The lowest BCUT2D eigenvalue weighted by Gasteiger charge is -2.12. The van der Waals surface area contributed by atoms with Crippen molar-refractivity contribution in [2.24, 2.45) is 0 Å². The Kier molecular flexibility index (Phi) is 7.33. The van der Waals surface area contributed by atoms with Gasteiger partial charge in [0.05, 0.1) is 36.7 Å². The molecule has 0 saturated carbocycles. The van der Waals surface area contributed by atoms with Crippen LogP contribution in [0.15, 0.2) is 71.9 Å². The molecule has 6 rings (SSSR count). The number of rotatable bonds is 7. The zero-order chi connectivity index (χ0) is 29.4. The van der Waals surface area contributed by atoms with E-state index in [4.69, 9.17) is 14.5 Å². The minimum Gasteiger partial charge on any atom is -0.489 e. The van der Waals surface area contributed by atoms with Crippen molar-refractivity contribution in [3.63, 3.8) is 0 Å². The van der Waals surface area contributed by atoms with E-state index in [1.807, 2.05) is 30.5 Å². The Bertz CT molecular complexity index is 1940. The third-order valence-electron chi connectivity index (χ3n) is 7.19. The lowest BCUT2D eigenvalue weighted by molar-refractivity contribution is 0.0949. The van der Waals surface area contributed by atoms with Crippen molar-refractivity contribution in [2.45, 2.75) is 29.9 Å². The topological polar surface area (TPSA) is 112 Å². The summed E-state index contributed by atoms with van der Waals surface area (Å²) in [7, 11) is -2.84. The highest BCUT2D eigenvalue weighted by atomic mass is 32.2. The third-order valence-corrected chi connectivity index (χ3v) is 9.02. The first-order valence-corrected chi connectivity index (χ1v) is 14.8. The molecule has 216 valence electrons. The Morgan fingerprint density at radius 3 is 2.88 bits per heavy atom. The molecule has 1 amide bonds. The number of hydrogen-bond acceptors (Lipinski definition) is 7. The van der Waals surface area contributed by atoms with Crippen LogP contribution in [0.2, 0.25) is 0 Å². The van der Waals surface area contributed by atoms with Gasteiger partial charge in [-0.15, -0.1) is 0 Å². The van der Waals surface area contributed by atoms with Gasteiger partial charge in [0.1, 0.15) is 4.90 Å². The second-order valence-electron chi connectivity index (χ2n) is 9.87. The Morgan fingerprint density at radius 2 is 2.05 bits per heavy atom. The summed E-state index contributed by atoms with van der Waals surface area (Å²) in [5, 5.41) is 4.48. The van der Waals surface area contributed by atoms with Crippen LogP contribution in [0, 0.1) is 5.82 Å². The monoisotopic (exact) mass is 592 g/mol. The molecule has 1 N–H and O–H groups in total. The van der Waals surface area contributed by atoms with Crippen molar-refractivity contribution in [3.8, 4) is 17.0 Å². The Balaban J connectivity index is 1.25. The number of nitrogens with one attached hydrogen (secondary N) is 1. The first-order valence-electron chi connectivity index (χ1n) is 13.2. The van der Waals surface area contributed by atoms with Gasteiger partial charge in [-0.25, -0.2) is 22.2 Å². The first kappa shape index (κ1) is 27.7. The molecule has 0 saturated heterocycles. The Labute approximate surface area is 240 Å². The number of fused-ring (bicyclic) bond motifs is 3. The standard InChI is InChI=1S/C30H26F2N4O5S/c1-40-12-10-36-9-7-22-21(3-2-4-26(22)36)24-6-5-18-16-33-20(15-25(18)35-24)17-34-30(37)19-13-23(31)29-27(14-19)42(38,39)28(32)8-11-41-29/h2-7,9,13-16,28H,8,10-12,17H2,1H3,(H,34,37)/t28-/m1/s1. The summed E-state index contributed by atoms with van der Waals surface area (Å²) >= 11 is 0. The summed E-state index contributed by atoms with van der Waals surface area (Å²) in [5.74, 6) is -2.38. The van der Waals surface area contributed by atoms with E-state index < -0.39 is 44.1 Å². The predicted octanol–water partition coefficient (Wildman–Crippen LogP) is 4.82. The van der Waals surface area contributed by atoms with E-state index in [1.54, 1.807) is 19.4 Å². The summed E-state index contributed by atoms with van der Waals surface area (Å²) in [4.78, 5) is 21.4. The number of alkyl halides is 1. The number of carbonyl (C=O) groups is 1. The normalized spacial score (nSPS) is 16.1. The van der Waals surface area contributed by atoms with Crippen molar-refractivity contribution in [1.29, 1.82) is 0 Å². The van der Waals surface area contributed by atoms with Crippen LogP contribution in [-0.4, -0.2) is 54.7 Å². The van der Waals surface area contributed by atoms with Crippen LogP contribution in [0.25, 0.3) is 33.1 Å². The summed E-state index contributed by atoms with van der Waals surface area (Å²) in [6.45, 7) is 0.997. The maximum absolute atomic E-state index is 14.7. The van der Waals surface area contributed by atoms with Crippen molar-refractivity contribution >= 4 is 37.6 Å². The van der Waals surface area contributed by atoms with Crippen LogP contribution in [0.1, 0.15) is 22.5 Å². The highest BCUT2D eigenvalue weighted by Crippen LogP contribution is 2.35. The SMILES string of the molecule is COCCn1ccc2c(-c3ccc4cnc(CNC(=O)c5cc(F)c6c(c5)S(=O)(=O)[C@@H](F)CCO6)cc4n3)cccc21. The van der Waals surface area contributed by atoms with Gasteiger partial charge in [0, 0.05) is 59.9 Å². The molecule has 2 aromatic carbocycles. The molecule has 3 aromatic heterocycles. The van der Waals surface area contributed by atoms with Crippen molar-refractivity contribution in [3.05, 3.63) is 84.1 Å². The van der Waals surface area contributed by atoms with Gasteiger partial charge in [-0.05, 0) is 42.5 Å². The van der Waals surface area contributed by atoms with Crippen LogP contribution in [0.5, 0.6) is 5.75 Å². The summed E-state index contributed by atoms with van der Waals surface area (Å²) < 4.78 is 66.4. The van der Waals surface area contributed by atoms with Gasteiger partial charge in [-0.1, -0.05) is 12.1 Å². The lowest BCUT2D eigenvalue weighted by atomic mass is 10.1. The van der Waals surface area contributed by atoms with Crippen LogP contribution < -0.4 is 10.1 Å². The average Bonchev–Trinajstić information content (AvgIpc) is 3.37. The molecule has 0 radical (unpaired) electrons. The van der Waals surface area contributed by atoms with E-state index in [-0.39, 0.29) is 18.7 Å². The van der Waals surface area contributed by atoms with Gasteiger partial charge in [-0.2, -0.15) is 0 Å². The fourth-order valence-corrected chi connectivity index (χ4v) is 6.39. The molecule has 1 atom stereocenters. The van der Waals surface area contributed by atoms with Gasteiger partial charge >= 0.3 is 0 Å². The van der Waals surface area contributed by atoms with E-state index in [0.29, 0.717) is 17.8 Å². The van der Waals surface area contributed by atoms with Gasteiger partial charge in [0.2, 0.25) is 15.3 Å². The maximum atomic E-state index is 14.7. The summed E-state index contributed by atoms with van der Waals surface area (Å²) in [6.07, 6.45) is 3.23. The number of methoxy groups -OCH3 is 1. The fraction of sp³-hybridized carbons (Fsp3) is 0.233. The number of amides is 1. The van der Waals surface area contributed by atoms with E-state index in [0.717, 1.165) is 46.2 Å². The minimum absolute atomic E-state index is 0.0354. The molecule has 12 heteroatoms. The molecule has 0 fully saturated rings. The molecule has 0 spiro atoms. The number of nitrogens with zero attached hydrogens (tertiary/aromatic N) is 3. The second kappa shape index (κ2) is 11.1. The van der Waals surface area contributed by atoms with E-state index in [1.165, 1.54) is 0 Å². The number of pyridine rings is 2. The molecule has 4 heterocycles. The molecular weight excluding hydrogens is 566 g/mol. The molecule has 1 aliphatic rings. The quantitative estimate of drug-likeness (QED) is 0.288. The van der Waals surface area contributed by atoms with Crippen molar-refractivity contribution in [2.75, 3.05) is 20.3 Å². The van der Waals surface area contributed by atoms with Gasteiger partial charge < -0.3 is 19.4 Å². The van der Waals surface area contributed by atoms with Crippen molar-refractivity contribution < 1.29 is 31.5 Å². The van der Waals surface area contributed by atoms with Gasteiger partial charge in [-0.3, -0.25) is 9.78 Å². The predicted molar refractivity (Wildman–Crippen MR) is 152 cm³/mol. The molecule has 0 aliphatic carbocycles. The number of carbonyl (C=O) groups excluding carboxylic acids is 1. The molecule has 5 aromatic rings. The number of halogens is 2. The first-order chi connectivity index (χ1) is 20.3. The second-order valence-corrected chi connectivity index (χ2v) is 11.9. The minimum atomic E-state index is -4.51. The number of hydrogen-bond donors (Lipinski definition) is 1. The Morgan fingerprint density at radius 1 is 1.19 bits per heavy atom. The maximum Gasteiger partial charge on any atom is 0.251 e. The van der Waals surface area contributed by atoms with Crippen LogP contribution >= 0.6 is 0 Å². The third kappa shape index (κ3) is 5.07. The van der Waals surface area contributed by atoms with E-state index in [2.05, 4.69) is 27.0 Å². The van der Waals surface area contributed by atoms with E-state index in [9.17, 15) is 22.0 Å². The molecule has 9 nitrogen and oxygen atoms in total. The summed E-state index contributed by atoms with van der Waals surface area (Å²) in [6, 6.07) is 15.5.